The number of benzene rings is 4. The molecule has 0 saturated carbocycles. The Morgan fingerprint density at radius 2 is 1.44 bits per heavy atom. The number of rotatable bonds is 10. The first-order chi connectivity index (χ1) is 21.7. The van der Waals surface area contributed by atoms with Crippen LogP contribution in [0.2, 0.25) is 0 Å². The van der Waals surface area contributed by atoms with Crippen LogP contribution < -0.4 is 16.0 Å². The molecule has 9 heteroatoms. The van der Waals surface area contributed by atoms with E-state index in [0.29, 0.717) is 16.4 Å². The van der Waals surface area contributed by atoms with Crippen LogP contribution in [0, 0.1) is 13.8 Å². The Morgan fingerprint density at radius 3 is 2.11 bits per heavy atom. The summed E-state index contributed by atoms with van der Waals surface area (Å²) in [5, 5.41) is 10.6. The number of aromatic nitrogens is 1. The van der Waals surface area contributed by atoms with E-state index in [4.69, 9.17) is 0 Å². The van der Waals surface area contributed by atoms with E-state index >= 15 is 0 Å². The summed E-state index contributed by atoms with van der Waals surface area (Å²) in [5.74, 6) is -0.990. The van der Waals surface area contributed by atoms with Crippen LogP contribution in [0.25, 0.3) is 17.3 Å². The van der Waals surface area contributed by atoms with Crippen molar-refractivity contribution in [3.63, 3.8) is 0 Å². The van der Waals surface area contributed by atoms with Gasteiger partial charge in [0, 0.05) is 27.1 Å². The molecule has 226 valence electrons. The SMILES string of the molecule is Cc1ccc(/C=C(\NC(=O)c2ccccc2)C(=O)Nc2ccc(SC(C)C(=O)Nc3nc(-c4ccc(C)cc4)cs3)cc2)cc1. The maximum atomic E-state index is 13.3. The second-order valence-electron chi connectivity index (χ2n) is 10.4. The summed E-state index contributed by atoms with van der Waals surface area (Å²) in [6.07, 6.45) is 1.65. The van der Waals surface area contributed by atoms with Crippen LogP contribution in [-0.4, -0.2) is 28.0 Å². The first kappa shape index (κ1) is 31.4. The van der Waals surface area contributed by atoms with E-state index in [0.717, 1.165) is 27.3 Å². The van der Waals surface area contributed by atoms with Gasteiger partial charge < -0.3 is 16.0 Å². The minimum absolute atomic E-state index is 0.115. The van der Waals surface area contributed by atoms with Crippen LogP contribution in [0.4, 0.5) is 10.8 Å². The summed E-state index contributed by atoms with van der Waals surface area (Å²) in [4.78, 5) is 44.5. The summed E-state index contributed by atoms with van der Waals surface area (Å²) in [7, 11) is 0. The topological polar surface area (TPSA) is 100 Å². The highest BCUT2D eigenvalue weighted by Crippen LogP contribution is 2.28. The van der Waals surface area contributed by atoms with Crippen molar-refractivity contribution in [3.8, 4) is 11.3 Å². The van der Waals surface area contributed by atoms with E-state index in [1.54, 1.807) is 42.5 Å². The average Bonchev–Trinajstić information content (AvgIpc) is 3.51. The Kier molecular flexibility index (Phi) is 10.2. The number of anilines is 2. The Hall–Kier alpha value is -4.99. The summed E-state index contributed by atoms with van der Waals surface area (Å²) in [6, 6.07) is 31.7. The lowest BCUT2D eigenvalue weighted by Crippen LogP contribution is -2.30. The summed E-state index contributed by atoms with van der Waals surface area (Å²) in [6.45, 7) is 5.85. The summed E-state index contributed by atoms with van der Waals surface area (Å²) < 4.78 is 0. The van der Waals surface area contributed by atoms with Gasteiger partial charge in [0.2, 0.25) is 5.91 Å². The second kappa shape index (κ2) is 14.7. The van der Waals surface area contributed by atoms with E-state index in [1.807, 2.05) is 92.9 Å². The molecule has 5 aromatic rings. The molecular weight excluding hydrogens is 601 g/mol. The van der Waals surface area contributed by atoms with Crippen molar-refractivity contribution in [2.45, 2.75) is 30.9 Å². The standard InChI is InChI=1S/C36H32N4O3S2/c1-23-9-13-26(14-10-23)21-31(38-34(42)28-7-5-4-6-8-28)35(43)37-29-17-19-30(20-18-29)45-25(3)33(41)40-36-39-32(22-44-36)27-15-11-24(2)12-16-27/h4-22,25H,1-3H3,(H,37,43)(H,38,42)(H,39,40,41)/b31-21-. The summed E-state index contributed by atoms with van der Waals surface area (Å²) >= 11 is 2.79. The number of nitrogens with one attached hydrogen (secondary N) is 3. The Balaban J connectivity index is 1.20. The number of hydrogen-bond donors (Lipinski definition) is 3. The molecule has 3 amide bonds. The van der Waals surface area contributed by atoms with Gasteiger partial charge in [0.15, 0.2) is 5.13 Å². The van der Waals surface area contributed by atoms with Crippen LogP contribution in [0.5, 0.6) is 0 Å². The smallest absolute Gasteiger partial charge is 0.272 e. The van der Waals surface area contributed by atoms with Crippen LogP contribution in [0.3, 0.4) is 0 Å². The molecule has 3 N–H and O–H groups in total. The van der Waals surface area contributed by atoms with Gasteiger partial charge in [-0.3, -0.25) is 14.4 Å². The van der Waals surface area contributed by atoms with Crippen molar-refractivity contribution in [1.82, 2.24) is 10.3 Å². The maximum Gasteiger partial charge on any atom is 0.272 e. The van der Waals surface area contributed by atoms with E-state index in [9.17, 15) is 14.4 Å². The summed E-state index contributed by atoms with van der Waals surface area (Å²) in [5.41, 5.74) is 5.99. The fraction of sp³-hybridized carbons (Fsp3) is 0.111. The molecule has 1 heterocycles. The minimum atomic E-state index is -0.457. The van der Waals surface area contributed by atoms with Gasteiger partial charge in [-0.1, -0.05) is 77.9 Å². The largest absolute Gasteiger partial charge is 0.321 e. The molecule has 7 nitrogen and oxygen atoms in total. The van der Waals surface area contributed by atoms with Gasteiger partial charge >= 0.3 is 0 Å². The van der Waals surface area contributed by atoms with Crippen LogP contribution in [0.15, 0.2) is 119 Å². The molecule has 0 spiro atoms. The quantitative estimate of drug-likeness (QED) is 0.107. The average molecular weight is 633 g/mol. The van der Waals surface area contributed by atoms with Crippen molar-refractivity contribution in [1.29, 1.82) is 0 Å². The van der Waals surface area contributed by atoms with E-state index in [1.165, 1.54) is 28.7 Å². The van der Waals surface area contributed by atoms with Gasteiger partial charge in [0.1, 0.15) is 5.70 Å². The number of nitrogens with zero attached hydrogens (tertiary/aromatic N) is 1. The molecule has 1 aromatic heterocycles. The van der Waals surface area contributed by atoms with Crippen molar-refractivity contribution < 1.29 is 14.4 Å². The maximum absolute atomic E-state index is 13.3. The van der Waals surface area contributed by atoms with Crippen LogP contribution in [-0.2, 0) is 9.59 Å². The Bertz CT molecular complexity index is 1820. The first-order valence-electron chi connectivity index (χ1n) is 14.3. The molecule has 0 aliphatic heterocycles. The van der Waals surface area contributed by atoms with E-state index in [-0.39, 0.29) is 22.8 Å². The van der Waals surface area contributed by atoms with Gasteiger partial charge in [-0.2, -0.15) is 0 Å². The zero-order valence-corrected chi connectivity index (χ0v) is 26.7. The molecule has 0 aliphatic rings. The van der Waals surface area contributed by atoms with Gasteiger partial charge in [0.05, 0.1) is 10.9 Å². The molecule has 0 aliphatic carbocycles. The van der Waals surface area contributed by atoms with Crippen molar-refractivity contribution in [2.24, 2.45) is 0 Å². The van der Waals surface area contributed by atoms with E-state index < -0.39 is 5.91 Å². The molecule has 0 fully saturated rings. The third-order valence-electron chi connectivity index (χ3n) is 6.79. The number of thioether (sulfide) groups is 1. The number of carbonyl (C=O) groups is 3. The number of amides is 3. The third kappa shape index (κ3) is 8.78. The fourth-order valence-corrected chi connectivity index (χ4v) is 5.83. The first-order valence-corrected chi connectivity index (χ1v) is 16.1. The minimum Gasteiger partial charge on any atom is -0.321 e. The monoisotopic (exact) mass is 632 g/mol. The molecule has 0 saturated heterocycles. The normalized spacial score (nSPS) is 11.8. The van der Waals surface area contributed by atoms with Crippen LogP contribution >= 0.6 is 23.1 Å². The van der Waals surface area contributed by atoms with Crippen molar-refractivity contribution in [2.75, 3.05) is 10.6 Å². The lowest BCUT2D eigenvalue weighted by atomic mass is 10.1. The molecule has 4 aromatic carbocycles. The van der Waals surface area contributed by atoms with Crippen molar-refractivity contribution in [3.05, 3.63) is 136 Å². The molecule has 5 rings (SSSR count). The number of hydrogen-bond acceptors (Lipinski definition) is 6. The van der Waals surface area contributed by atoms with Gasteiger partial charge in [-0.25, -0.2) is 4.98 Å². The van der Waals surface area contributed by atoms with Crippen LogP contribution in [0.1, 0.15) is 34.0 Å². The number of thiazole rings is 1. The van der Waals surface area contributed by atoms with E-state index in [2.05, 4.69) is 20.9 Å². The lowest BCUT2D eigenvalue weighted by molar-refractivity contribution is -0.115. The highest BCUT2D eigenvalue weighted by atomic mass is 32.2. The second-order valence-corrected chi connectivity index (χ2v) is 12.7. The van der Waals surface area contributed by atoms with Gasteiger partial charge in [0.25, 0.3) is 11.8 Å². The van der Waals surface area contributed by atoms with Gasteiger partial charge in [-0.05, 0) is 68.8 Å². The predicted molar refractivity (Wildman–Crippen MR) is 184 cm³/mol. The predicted octanol–water partition coefficient (Wildman–Crippen LogP) is 7.96. The molecule has 1 unspecified atom stereocenters. The van der Waals surface area contributed by atoms with Crippen molar-refractivity contribution >= 4 is 57.7 Å². The Morgan fingerprint density at radius 1 is 0.800 bits per heavy atom. The molecule has 45 heavy (non-hydrogen) atoms. The zero-order valence-electron chi connectivity index (χ0n) is 25.0. The zero-order chi connectivity index (χ0) is 31.8. The molecule has 0 bridgehead atoms. The molecule has 1 atom stereocenters. The fourth-order valence-electron chi connectivity index (χ4n) is 4.24. The van der Waals surface area contributed by atoms with Gasteiger partial charge in [-0.15, -0.1) is 23.1 Å². The molecule has 0 radical (unpaired) electrons. The number of carbonyl (C=O) groups excluding carboxylic acids is 3. The highest BCUT2D eigenvalue weighted by molar-refractivity contribution is 8.00. The third-order valence-corrected chi connectivity index (χ3v) is 8.66. The lowest BCUT2D eigenvalue weighted by Gasteiger charge is -2.13. The number of aryl methyl sites for hydroxylation is 2. The molecular formula is C36H32N4O3S2. The Labute approximate surface area is 270 Å². The highest BCUT2D eigenvalue weighted by Gasteiger charge is 2.18.